The minimum atomic E-state index is -0.508. The van der Waals surface area contributed by atoms with Crippen LogP contribution in [0.25, 0.3) is 4.96 Å². The van der Waals surface area contributed by atoms with Gasteiger partial charge in [0.25, 0.3) is 5.56 Å². The van der Waals surface area contributed by atoms with Gasteiger partial charge in [-0.3, -0.25) is 9.20 Å². The molecule has 10 heteroatoms. The highest BCUT2D eigenvalue weighted by atomic mass is 35.5. The summed E-state index contributed by atoms with van der Waals surface area (Å²) in [6.45, 7) is 1.88. The minimum Gasteiger partial charge on any atom is -0.486 e. The second-order valence-electron chi connectivity index (χ2n) is 5.98. The molecule has 7 nitrogen and oxygen atoms in total. The standard InChI is InChI=1S/C19H14ClN3O4S2/c1-11-17(29-15(21-11)10-26-14-4-2-12(20)3-5-14)18(25)27-9-13-8-16(24)23-6-7-28-19(23)22-13/h2-8H,9-10H2,1H3. The third-order valence-electron chi connectivity index (χ3n) is 3.91. The molecule has 4 aromatic rings. The van der Waals surface area contributed by atoms with Gasteiger partial charge in [0.2, 0.25) is 0 Å². The van der Waals surface area contributed by atoms with Crippen LogP contribution in [0, 0.1) is 6.92 Å². The summed E-state index contributed by atoms with van der Waals surface area (Å²) in [7, 11) is 0. The number of thiazole rings is 2. The molecular weight excluding hydrogens is 434 g/mol. The van der Waals surface area contributed by atoms with Crippen molar-refractivity contribution in [1.29, 1.82) is 0 Å². The summed E-state index contributed by atoms with van der Waals surface area (Å²) >= 11 is 8.40. The number of fused-ring (bicyclic) bond motifs is 1. The highest BCUT2D eigenvalue weighted by molar-refractivity contribution is 7.15. The molecule has 0 aliphatic rings. The van der Waals surface area contributed by atoms with Crippen molar-refractivity contribution in [3.63, 3.8) is 0 Å². The van der Waals surface area contributed by atoms with Crippen LogP contribution in [0.5, 0.6) is 5.75 Å². The maximum absolute atomic E-state index is 12.4. The number of rotatable bonds is 6. The van der Waals surface area contributed by atoms with E-state index in [0.717, 1.165) is 0 Å². The van der Waals surface area contributed by atoms with Crippen LogP contribution in [0.3, 0.4) is 0 Å². The van der Waals surface area contributed by atoms with Gasteiger partial charge in [-0.15, -0.1) is 22.7 Å². The number of hydrogen-bond donors (Lipinski definition) is 0. The molecule has 0 saturated carbocycles. The van der Waals surface area contributed by atoms with E-state index in [1.54, 1.807) is 42.8 Å². The molecule has 1 aromatic carbocycles. The number of carbonyl (C=O) groups is 1. The first-order valence-electron chi connectivity index (χ1n) is 8.47. The number of benzene rings is 1. The van der Waals surface area contributed by atoms with Crippen molar-refractivity contribution in [1.82, 2.24) is 14.4 Å². The third-order valence-corrected chi connectivity index (χ3v) is 6.03. The zero-order valence-corrected chi connectivity index (χ0v) is 17.5. The van der Waals surface area contributed by atoms with Gasteiger partial charge in [-0.05, 0) is 31.2 Å². The average molecular weight is 448 g/mol. The lowest BCUT2D eigenvalue weighted by atomic mass is 10.3. The molecule has 0 amide bonds. The Bertz CT molecular complexity index is 1230. The monoisotopic (exact) mass is 447 g/mol. The van der Waals surface area contributed by atoms with Crippen LogP contribution in [0.2, 0.25) is 5.02 Å². The van der Waals surface area contributed by atoms with Crippen LogP contribution in [0.15, 0.2) is 46.7 Å². The topological polar surface area (TPSA) is 82.8 Å². The number of aromatic nitrogens is 3. The molecule has 29 heavy (non-hydrogen) atoms. The molecule has 0 aliphatic carbocycles. The number of hydrogen-bond acceptors (Lipinski definition) is 8. The molecule has 0 atom stereocenters. The van der Waals surface area contributed by atoms with E-state index < -0.39 is 5.97 Å². The number of aryl methyl sites for hydroxylation is 1. The number of halogens is 1. The number of esters is 1. The van der Waals surface area contributed by atoms with Gasteiger partial charge >= 0.3 is 5.97 Å². The molecule has 3 heterocycles. The predicted molar refractivity (Wildman–Crippen MR) is 111 cm³/mol. The molecule has 3 aromatic heterocycles. The van der Waals surface area contributed by atoms with E-state index in [-0.39, 0.29) is 18.8 Å². The molecule has 0 bridgehead atoms. The van der Waals surface area contributed by atoms with Crippen LogP contribution in [0.4, 0.5) is 0 Å². The first-order chi connectivity index (χ1) is 14.0. The molecule has 0 radical (unpaired) electrons. The lowest BCUT2D eigenvalue weighted by Crippen LogP contribution is -2.14. The Morgan fingerprint density at radius 2 is 2.00 bits per heavy atom. The highest BCUT2D eigenvalue weighted by Crippen LogP contribution is 2.22. The van der Waals surface area contributed by atoms with E-state index in [1.165, 1.54) is 33.1 Å². The second-order valence-corrected chi connectivity index (χ2v) is 8.38. The lowest BCUT2D eigenvalue weighted by molar-refractivity contribution is 0.0472. The number of nitrogens with zero attached hydrogens (tertiary/aromatic N) is 3. The summed E-state index contributed by atoms with van der Waals surface area (Å²) in [6, 6.07) is 8.36. The van der Waals surface area contributed by atoms with E-state index >= 15 is 0 Å². The van der Waals surface area contributed by atoms with E-state index in [1.807, 2.05) is 0 Å². The Balaban J connectivity index is 1.40. The van der Waals surface area contributed by atoms with Crippen LogP contribution >= 0.6 is 34.3 Å². The Morgan fingerprint density at radius 1 is 1.21 bits per heavy atom. The van der Waals surface area contributed by atoms with Crippen LogP contribution in [-0.4, -0.2) is 20.3 Å². The highest BCUT2D eigenvalue weighted by Gasteiger charge is 2.18. The van der Waals surface area contributed by atoms with Gasteiger partial charge in [-0.25, -0.2) is 14.8 Å². The first-order valence-corrected chi connectivity index (χ1v) is 10.5. The van der Waals surface area contributed by atoms with Gasteiger partial charge < -0.3 is 9.47 Å². The minimum absolute atomic E-state index is 0.0869. The van der Waals surface area contributed by atoms with Gasteiger partial charge in [0, 0.05) is 22.7 Å². The second kappa shape index (κ2) is 8.32. The van der Waals surface area contributed by atoms with Gasteiger partial charge in [-0.1, -0.05) is 11.6 Å². The summed E-state index contributed by atoms with van der Waals surface area (Å²) in [5.74, 6) is 0.152. The van der Waals surface area contributed by atoms with E-state index in [4.69, 9.17) is 21.1 Å². The fraction of sp³-hybridized carbons (Fsp3) is 0.158. The Labute approximate surface area is 178 Å². The van der Waals surface area contributed by atoms with Crippen molar-refractivity contribution in [2.24, 2.45) is 0 Å². The summed E-state index contributed by atoms with van der Waals surface area (Å²) in [5, 5.41) is 3.05. The Kier molecular flexibility index (Phi) is 5.61. The summed E-state index contributed by atoms with van der Waals surface area (Å²) in [5.41, 5.74) is 0.758. The summed E-state index contributed by atoms with van der Waals surface area (Å²) < 4.78 is 12.4. The SMILES string of the molecule is Cc1nc(COc2ccc(Cl)cc2)sc1C(=O)OCc1cc(=O)n2ccsc2n1. The zero-order valence-electron chi connectivity index (χ0n) is 15.1. The maximum atomic E-state index is 12.4. The molecule has 0 saturated heterocycles. The van der Waals surface area contributed by atoms with Crippen molar-refractivity contribution < 1.29 is 14.3 Å². The molecule has 4 rings (SSSR count). The van der Waals surface area contributed by atoms with Crippen molar-refractivity contribution in [2.45, 2.75) is 20.1 Å². The quantitative estimate of drug-likeness (QED) is 0.413. The van der Waals surface area contributed by atoms with Gasteiger partial charge in [0.15, 0.2) is 4.96 Å². The van der Waals surface area contributed by atoms with E-state index in [9.17, 15) is 9.59 Å². The smallest absolute Gasteiger partial charge is 0.350 e. The molecule has 0 N–H and O–H groups in total. The van der Waals surface area contributed by atoms with Crippen LogP contribution in [0.1, 0.15) is 26.1 Å². The molecule has 0 aliphatic heterocycles. The number of ether oxygens (including phenoxy) is 2. The van der Waals surface area contributed by atoms with E-state index in [2.05, 4.69) is 9.97 Å². The van der Waals surface area contributed by atoms with Crippen molar-refractivity contribution in [2.75, 3.05) is 0 Å². The molecule has 0 fully saturated rings. The van der Waals surface area contributed by atoms with Gasteiger partial charge in [-0.2, -0.15) is 0 Å². The van der Waals surface area contributed by atoms with Crippen molar-refractivity contribution in [3.8, 4) is 5.75 Å². The lowest BCUT2D eigenvalue weighted by Gasteiger charge is -2.04. The van der Waals surface area contributed by atoms with E-state index in [0.29, 0.717) is 37.0 Å². The fourth-order valence-electron chi connectivity index (χ4n) is 2.55. The predicted octanol–water partition coefficient (Wildman–Crippen LogP) is 4.11. The first kappa shape index (κ1) is 19.6. The van der Waals surface area contributed by atoms with Crippen LogP contribution < -0.4 is 10.3 Å². The molecule has 0 spiro atoms. The number of carbonyl (C=O) groups excluding carboxylic acids is 1. The van der Waals surface area contributed by atoms with Gasteiger partial charge in [0.1, 0.15) is 28.8 Å². The zero-order chi connectivity index (χ0) is 20.4. The third kappa shape index (κ3) is 4.47. The van der Waals surface area contributed by atoms with Crippen molar-refractivity contribution in [3.05, 3.63) is 78.6 Å². The van der Waals surface area contributed by atoms with Gasteiger partial charge in [0.05, 0.1) is 11.4 Å². The normalized spacial score (nSPS) is 11.0. The Morgan fingerprint density at radius 3 is 2.79 bits per heavy atom. The maximum Gasteiger partial charge on any atom is 0.350 e. The van der Waals surface area contributed by atoms with Crippen LogP contribution in [-0.2, 0) is 18.0 Å². The summed E-state index contributed by atoms with van der Waals surface area (Å²) in [4.78, 5) is 34.1. The molecule has 0 unspecified atom stereocenters. The summed E-state index contributed by atoms with van der Waals surface area (Å²) in [6.07, 6.45) is 1.65. The average Bonchev–Trinajstić information content (AvgIpc) is 3.32. The molecule has 148 valence electrons. The largest absolute Gasteiger partial charge is 0.486 e. The Hall–Kier alpha value is -2.75. The fourth-order valence-corrected chi connectivity index (χ4v) is 4.28. The van der Waals surface area contributed by atoms with Crippen molar-refractivity contribution >= 4 is 45.2 Å². The molecular formula is C19H14ClN3O4S2.